The highest BCUT2D eigenvalue weighted by atomic mass is 35.5. The van der Waals surface area contributed by atoms with Gasteiger partial charge in [-0.25, -0.2) is 4.98 Å². The van der Waals surface area contributed by atoms with Crippen molar-refractivity contribution in [3.05, 3.63) is 94.6 Å². The van der Waals surface area contributed by atoms with Gasteiger partial charge in [0.15, 0.2) is 0 Å². The monoisotopic (exact) mass is 517 g/mol. The van der Waals surface area contributed by atoms with Crippen LogP contribution in [0.2, 0.25) is 5.02 Å². The average Bonchev–Trinajstić information content (AvgIpc) is 3.33. The van der Waals surface area contributed by atoms with Crippen molar-refractivity contribution in [3.8, 4) is 0 Å². The molecule has 0 radical (unpaired) electrons. The summed E-state index contributed by atoms with van der Waals surface area (Å²) in [6.07, 6.45) is 1.96. The maximum atomic E-state index is 13.9. The molecule has 0 spiro atoms. The zero-order valence-corrected chi connectivity index (χ0v) is 22.5. The molecule has 0 unspecified atom stereocenters. The van der Waals surface area contributed by atoms with Gasteiger partial charge in [0, 0.05) is 69.5 Å². The molecule has 194 valence electrons. The first kappa shape index (κ1) is 25.7. The zero-order chi connectivity index (χ0) is 25.8. The maximum Gasteiger partial charge on any atom is 0.227 e. The number of pyridine rings is 1. The summed E-state index contributed by atoms with van der Waals surface area (Å²) < 4.78 is 0. The number of carbonyl (C=O) groups excluding carboxylic acids is 1. The summed E-state index contributed by atoms with van der Waals surface area (Å²) in [6.45, 7) is 6.44. The Kier molecular flexibility index (Phi) is 8.08. The van der Waals surface area contributed by atoms with Crippen LogP contribution in [0.4, 0.5) is 5.82 Å². The van der Waals surface area contributed by atoms with Gasteiger partial charge in [0.1, 0.15) is 5.82 Å². The van der Waals surface area contributed by atoms with Gasteiger partial charge in [0.05, 0.1) is 5.92 Å². The number of hydrogen-bond acceptors (Lipinski definition) is 5. The molecule has 3 heterocycles. The third-order valence-electron chi connectivity index (χ3n) is 7.48. The van der Waals surface area contributed by atoms with E-state index in [4.69, 9.17) is 11.6 Å². The van der Waals surface area contributed by atoms with E-state index in [1.165, 1.54) is 16.7 Å². The number of hydrogen-bond donors (Lipinski definition) is 0. The molecule has 5 rings (SSSR count). The fraction of sp³-hybridized carbons (Fsp3) is 0.400. The molecule has 0 N–H and O–H groups in total. The Hall–Kier alpha value is -2.93. The highest BCUT2D eigenvalue weighted by Gasteiger charge is 2.40. The summed E-state index contributed by atoms with van der Waals surface area (Å²) in [5, 5.41) is 0.727. The normalized spacial score (nSPS) is 20.5. The molecule has 2 atom stereocenters. The van der Waals surface area contributed by atoms with Crippen LogP contribution in [-0.2, 0) is 17.9 Å². The lowest BCUT2D eigenvalue weighted by molar-refractivity contribution is -0.135. The second-order valence-corrected chi connectivity index (χ2v) is 11.0. The van der Waals surface area contributed by atoms with Crippen LogP contribution in [0.5, 0.6) is 0 Å². The summed E-state index contributed by atoms with van der Waals surface area (Å²) in [6, 6.07) is 22.8. The van der Waals surface area contributed by atoms with E-state index in [0.29, 0.717) is 0 Å². The molecule has 37 heavy (non-hydrogen) atoms. The van der Waals surface area contributed by atoms with Crippen LogP contribution in [0, 0.1) is 5.92 Å². The Bertz CT molecular complexity index is 1160. The van der Waals surface area contributed by atoms with Crippen molar-refractivity contribution in [1.29, 1.82) is 0 Å². The Labute approximate surface area is 225 Å². The number of likely N-dealkylation sites (tertiary alicyclic amines) is 1. The molecule has 2 fully saturated rings. The zero-order valence-electron chi connectivity index (χ0n) is 21.8. The van der Waals surface area contributed by atoms with Crippen molar-refractivity contribution in [2.45, 2.75) is 19.0 Å². The lowest BCUT2D eigenvalue weighted by Gasteiger charge is -2.37. The standard InChI is InChI=1S/C30H36ClN5O/c1-33(2)19-24-8-13-29(32-18-24)35-14-16-36(17-15-35)30(37)28-22-34(20-23-6-4-3-5-7-23)21-27(28)25-9-11-26(31)12-10-25/h3-13,18,27-28H,14-17,19-22H2,1-2H3/t27-,28+/m0/s1. The summed E-state index contributed by atoms with van der Waals surface area (Å²) in [5.41, 5.74) is 3.68. The Morgan fingerprint density at radius 1 is 0.919 bits per heavy atom. The number of anilines is 1. The fourth-order valence-electron chi connectivity index (χ4n) is 5.61. The van der Waals surface area contributed by atoms with E-state index in [2.05, 4.69) is 87.2 Å². The van der Waals surface area contributed by atoms with Crippen LogP contribution < -0.4 is 4.90 Å². The minimum atomic E-state index is -0.0557. The summed E-state index contributed by atoms with van der Waals surface area (Å²) in [4.78, 5) is 27.5. The number of halogens is 1. The fourth-order valence-corrected chi connectivity index (χ4v) is 5.73. The molecular formula is C30H36ClN5O. The van der Waals surface area contributed by atoms with Crippen LogP contribution >= 0.6 is 11.6 Å². The number of nitrogens with zero attached hydrogens (tertiary/aromatic N) is 5. The molecular weight excluding hydrogens is 482 g/mol. The largest absolute Gasteiger partial charge is 0.353 e. The molecule has 6 nitrogen and oxygen atoms in total. The van der Waals surface area contributed by atoms with E-state index in [1.807, 2.05) is 24.4 Å². The topological polar surface area (TPSA) is 42.9 Å². The van der Waals surface area contributed by atoms with E-state index < -0.39 is 0 Å². The maximum absolute atomic E-state index is 13.9. The Morgan fingerprint density at radius 2 is 1.65 bits per heavy atom. The third-order valence-corrected chi connectivity index (χ3v) is 7.74. The van der Waals surface area contributed by atoms with Crippen LogP contribution in [0.1, 0.15) is 22.6 Å². The van der Waals surface area contributed by atoms with Crippen LogP contribution in [0.25, 0.3) is 0 Å². The highest BCUT2D eigenvalue weighted by Crippen LogP contribution is 2.35. The smallest absolute Gasteiger partial charge is 0.227 e. The molecule has 2 aromatic carbocycles. The number of benzene rings is 2. The second kappa shape index (κ2) is 11.6. The van der Waals surface area contributed by atoms with Gasteiger partial charge in [-0.1, -0.05) is 60.1 Å². The molecule has 1 amide bonds. The van der Waals surface area contributed by atoms with E-state index in [0.717, 1.165) is 63.2 Å². The number of piperazine rings is 1. The molecule has 1 aromatic heterocycles. The quantitative estimate of drug-likeness (QED) is 0.466. The van der Waals surface area contributed by atoms with Gasteiger partial charge in [0.25, 0.3) is 0 Å². The van der Waals surface area contributed by atoms with Gasteiger partial charge in [-0.2, -0.15) is 0 Å². The minimum absolute atomic E-state index is 0.0557. The van der Waals surface area contributed by atoms with E-state index in [1.54, 1.807) is 0 Å². The lowest BCUT2D eigenvalue weighted by Crippen LogP contribution is -2.51. The van der Waals surface area contributed by atoms with Crippen molar-refractivity contribution >= 4 is 23.3 Å². The first-order valence-electron chi connectivity index (χ1n) is 13.1. The molecule has 0 bridgehead atoms. The predicted octanol–water partition coefficient (Wildman–Crippen LogP) is 4.36. The van der Waals surface area contributed by atoms with Gasteiger partial charge in [-0.3, -0.25) is 9.69 Å². The van der Waals surface area contributed by atoms with E-state index in [9.17, 15) is 4.79 Å². The number of rotatable bonds is 7. The van der Waals surface area contributed by atoms with Crippen LogP contribution in [0.15, 0.2) is 72.9 Å². The summed E-state index contributed by atoms with van der Waals surface area (Å²) in [7, 11) is 4.12. The van der Waals surface area contributed by atoms with Crippen LogP contribution in [-0.4, -0.2) is 79.0 Å². The Morgan fingerprint density at radius 3 is 2.30 bits per heavy atom. The molecule has 7 heteroatoms. The lowest BCUT2D eigenvalue weighted by atomic mass is 9.88. The van der Waals surface area contributed by atoms with Crippen molar-refractivity contribution in [2.24, 2.45) is 5.92 Å². The first-order chi connectivity index (χ1) is 18.0. The first-order valence-corrected chi connectivity index (χ1v) is 13.5. The molecule has 2 saturated heterocycles. The third kappa shape index (κ3) is 6.32. The van der Waals surface area contributed by atoms with Crippen molar-refractivity contribution in [3.63, 3.8) is 0 Å². The Balaban J connectivity index is 1.25. The number of aromatic nitrogens is 1. The minimum Gasteiger partial charge on any atom is -0.353 e. The van der Waals surface area contributed by atoms with Gasteiger partial charge in [0.2, 0.25) is 5.91 Å². The van der Waals surface area contributed by atoms with Gasteiger partial charge >= 0.3 is 0 Å². The molecule has 2 aliphatic heterocycles. The second-order valence-electron chi connectivity index (χ2n) is 10.5. The number of carbonyl (C=O) groups is 1. The van der Waals surface area contributed by atoms with Crippen LogP contribution in [0.3, 0.4) is 0 Å². The van der Waals surface area contributed by atoms with E-state index >= 15 is 0 Å². The molecule has 0 saturated carbocycles. The van der Waals surface area contributed by atoms with Gasteiger partial charge in [-0.05, 0) is 49.0 Å². The van der Waals surface area contributed by atoms with Gasteiger partial charge in [-0.15, -0.1) is 0 Å². The molecule has 2 aliphatic rings. The van der Waals surface area contributed by atoms with Crippen molar-refractivity contribution in [1.82, 2.24) is 19.7 Å². The highest BCUT2D eigenvalue weighted by molar-refractivity contribution is 6.30. The van der Waals surface area contributed by atoms with E-state index in [-0.39, 0.29) is 17.7 Å². The van der Waals surface area contributed by atoms with Gasteiger partial charge < -0.3 is 14.7 Å². The average molecular weight is 518 g/mol. The summed E-state index contributed by atoms with van der Waals surface area (Å²) >= 11 is 6.17. The SMILES string of the molecule is CN(C)Cc1ccc(N2CCN(C(=O)[C@@H]3CN(Cc4ccccc4)C[C@H]3c3ccc(Cl)cc3)CC2)nc1. The molecule has 3 aromatic rings. The number of amides is 1. The predicted molar refractivity (Wildman–Crippen MR) is 150 cm³/mol. The van der Waals surface area contributed by atoms with Crippen molar-refractivity contribution < 1.29 is 4.79 Å². The molecule has 0 aliphatic carbocycles. The van der Waals surface area contributed by atoms with Crippen molar-refractivity contribution in [2.75, 3.05) is 58.3 Å². The summed E-state index contributed by atoms with van der Waals surface area (Å²) in [5.74, 6) is 1.37.